The minimum atomic E-state index is 0.0830. The third kappa shape index (κ3) is 3.48. The molecule has 1 aliphatic rings. The van der Waals surface area contributed by atoms with Gasteiger partial charge in [0.1, 0.15) is 5.69 Å². The van der Waals surface area contributed by atoms with Crippen molar-refractivity contribution in [2.45, 2.75) is 25.8 Å². The van der Waals surface area contributed by atoms with Gasteiger partial charge in [-0.1, -0.05) is 24.3 Å². The monoisotopic (exact) mass is 363 g/mol. The third-order valence-electron chi connectivity index (χ3n) is 4.53. The first kappa shape index (κ1) is 16.8. The molecule has 2 aromatic heterocycles. The molecule has 4 rings (SSSR count). The molecule has 2 heterocycles. The molecule has 0 aliphatic heterocycles. The predicted molar refractivity (Wildman–Crippen MR) is 106 cm³/mol. The zero-order valence-corrected chi connectivity index (χ0v) is 15.5. The van der Waals surface area contributed by atoms with Gasteiger partial charge in [-0.2, -0.15) is 5.10 Å². The van der Waals surface area contributed by atoms with Crippen LogP contribution in [0.25, 0.3) is 22.3 Å². The predicted octanol–water partition coefficient (Wildman–Crippen LogP) is 4.62. The fraction of sp³-hybridized carbons (Fsp3) is 0.238. The van der Waals surface area contributed by atoms with Crippen LogP contribution in [0.3, 0.4) is 0 Å². The summed E-state index contributed by atoms with van der Waals surface area (Å²) in [6.45, 7) is 2.80. The van der Waals surface area contributed by atoms with E-state index in [1.54, 1.807) is 17.4 Å². The maximum Gasteiger partial charge on any atom is 0.246 e. The van der Waals surface area contributed by atoms with Gasteiger partial charge in [-0.3, -0.25) is 4.79 Å². The molecule has 132 valence electrons. The highest BCUT2D eigenvalue weighted by molar-refractivity contribution is 7.13. The van der Waals surface area contributed by atoms with Crippen molar-refractivity contribution >= 4 is 23.3 Å². The van der Waals surface area contributed by atoms with Crippen molar-refractivity contribution in [3.63, 3.8) is 0 Å². The topological polar surface area (TPSA) is 38.1 Å². The lowest BCUT2D eigenvalue weighted by Crippen LogP contribution is -2.31. The third-order valence-corrected chi connectivity index (χ3v) is 5.41. The Morgan fingerprint density at radius 3 is 2.73 bits per heavy atom. The van der Waals surface area contributed by atoms with E-state index in [4.69, 9.17) is 5.10 Å². The number of carbonyl (C=O) groups is 1. The smallest absolute Gasteiger partial charge is 0.246 e. The number of amides is 1. The molecule has 0 atom stereocenters. The molecule has 0 unspecified atom stereocenters. The Bertz CT molecular complexity index is 908. The number of benzene rings is 1. The molecule has 3 aromatic rings. The quantitative estimate of drug-likeness (QED) is 0.599. The standard InChI is InChI=1S/C21H21N3OS/c1-2-23(17-11-12-17)20(25)13-10-16-15-24(18-7-4-3-5-8-18)22-21(16)19-9-6-14-26-19/h3-10,13-15,17H,2,11-12H2,1H3/b13-10+. The number of carbonyl (C=O) groups excluding carboxylic acids is 1. The summed E-state index contributed by atoms with van der Waals surface area (Å²) in [5.74, 6) is 0.0830. The molecule has 0 N–H and O–H groups in total. The highest BCUT2D eigenvalue weighted by atomic mass is 32.1. The van der Waals surface area contributed by atoms with E-state index in [-0.39, 0.29) is 5.91 Å². The van der Waals surface area contributed by atoms with E-state index < -0.39 is 0 Å². The van der Waals surface area contributed by atoms with Crippen LogP contribution in [0.5, 0.6) is 0 Å². The SMILES string of the molecule is CCN(C(=O)/C=C/c1cn(-c2ccccc2)nc1-c1cccs1)C1CC1. The number of hydrogen-bond donors (Lipinski definition) is 0. The second-order valence-corrected chi connectivity index (χ2v) is 7.33. The van der Waals surface area contributed by atoms with Gasteiger partial charge in [-0.25, -0.2) is 4.68 Å². The van der Waals surface area contributed by atoms with E-state index in [2.05, 4.69) is 6.07 Å². The molecule has 0 saturated heterocycles. The van der Waals surface area contributed by atoms with Gasteiger partial charge in [0.15, 0.2) is 0 Å². The minimum absolute atomic E-state index is 0.0830. The number of hydrogen-bond acceptors (Lipinski definition) is 3. The van der Waals surface area contributed by atoms with Gasteiger partial charge in [0.2, 0.25) is 5.91 Å². The summed E-state index contributed by atoms with van der Waals surface area (Å²) in [6.07, 6.45) is 7.82. The van der Waals surface area contributed by atoms with Crippen molar-refractivity contribution < 1.29 is 4.79 Å². The van der Waals surface area contributed by atoms with Crippen LogP contribution in [-0.2, 0) is 4.79 Å². The van der Waals surface area contributed by atoms with Crippen molar-refractivity contribution in [1.82, 2.24) is 14.7 Å². The molecule has 0 spiro atoms. The summed E-state index contributed by atoms with van der Waals surface area (Å²) >= 11 is 1.65. The van der Waals surface area contributed by atoms with Crippen LogP contribution < -0.4 is 0 Å². The number of thiophene rings is 1. The Hall–Kier alpha value is -2.66. The van der Waals surface area contributed by atoms with Crippen molar-refractivity contribution in [3.05, 3.63) is 65.7 Å². The molecule has 4 nitrogen and oxygen atoms in total. The molecule has 1 fully saturated rings. The number of aromatic nitrogens is 2. The Kier molecular flexibility index (Phi) is 4.71. The highest BCUT2D eigenvalue weighted by Crippen LogP contribution is 2.29. The first-order valence-electron chi connectivity index (χ1n) is 8.94. The molecule has 0 radical (unpaired) electrons. The molecular weight excluding hydrogens is 342 g/mol. The van der Waals surface area contributed by atoms with E-state index in [0.29, 0.717) is 6.04 Å². The molecule has 26 heavy (non-hydrogen) atoms. The first-order chi connectivity index (χ1) is 12.8. The van der Waals surface area contributed by atoms with E-state index in [1.807, 2.05) is 70.6 Å². The van der Waals surface area contributed by atoms with E-state index in [1.165, 1.54) is 0 Å². The minimum Gasteiger partial charge on any atom is -0.336 e. The zero-order valence-electron chi connectivity index (χ0n) is 14.7. The largest absolute Gasteiger partial charge is 0.336 e. The van der Waals surface area contributed by atoms with Crippen LogP contribution in [0.1, 0.15) is 25.3 Å². The van der Waals surface area contributed by atoms with Gasteiger partial charge >= 0.3 is 0 Å². The van der Waals surface area contributed by atoms with Crippen molar-refractivity contribution in [3.8, 4) is 16.3 Å². The normalized spacial score (nSPS) is 14.0. The summed E-state index contributed by atoms with van der Waals surface area (Å²) < 4.78 is 1.87. The molecule has 5 heteroatoms. The maximum atomic E-state index is 12.5. The maximum absolute atomic E-state index is 12.5. The first-order valence-corrected chi connectivity index (χ1v) is 9.82. The van der Waals surface area contributed by atoms with Crippen LogP contribution >= 0.6 is 11.3 Å². The average molecular weight is 363 g/mol. The zero-order chi connectivity index (χ0) is 17.9. The molecule has 1 saturated carbocycles. The van der Waals surface area contributed by atoms with Crippen LogP contribution in [0.4, 0.5) is 0 Å². The average Bonchev–Trinajstić information content (AvgIpc) is 3.20. The van der Waals surface area contributed by atoms with Crippen molar-refractivity contribution in [2.24, 2.45) is 0 Å². The molecular formula is C21H21N3OS. The van der Waals surface area contributed by atoms with Crippen LogP contribution in [0.2, 0.25) is 0 Å². The molecule has 1 aliphatic carbocycles. The van der Waals surface area contributed by atoms with Crippen LogP contribution in [-0.4, -0.2) is 33.2 Å². The highest BCUT2D eigenvalue weighted by Gasteiger charge is 2.30. The number of para-hydroxylation sites is 1. The van der Waals surface area contributed by atoms with Gasteiger partial charge in [-0.05, 0) is 49.4 Å². The fourth-order valence-electron chi connectivity index (χ4n) is 3.06. The van der Waals surface area contributed by atoms with E-state index in [9.17, 15) is 4.79 Å². The van der Waals surface area contributed by atoms with Gasteiger partial charge in [0.25, 0.3) is 0 Å². The Labute approximate surface area is 157 Å². The number of nitrogens with zero attached hydrogens (tertiary/aromatic N) is 3. The molecule has 1 amide bonds. The van der Waals surface area contributed by atoms with Gasteiger partial charge in [-0.15, -0.1) is 11.3 Å². The summed E-state index contributed by atoms with van der Waals surface area (Å²) in [7, 11) is 0. The Balaban J connectivity index is 1.67. The fourth-order valence-corrected chi connectivity index (χ4v) is 3.80. The van der Waals surface area contributed by atoms with Crippen molar-refractivity contribution in [2.75, 3.05) is 6.54 Å². The lowest BCUT2D eigenvalue weighted by molar-refractivity contribution is -0.126. The van der Waals surface area contributed by atoms with E-state index >= 15 is 0 Å². The van der Waals surface area contributed by atoms with Gasteiger partial charge in [0.05, 0.1) is 10.6 Å². The lowest BCUT2D eigenvalue weighted by Gasteiger charge is -2.17. The second kappa shape index (κ2) is 7.30. The second-order valence-electron chi connectivity index (χ2n) is 6.38. The Morgan fingerprint density at radius 2 is 2.08 bits per heavy atom. The summed E-state index contributed by atoms with van der Waals surface area (Å²) in [4.78, 5) is 15.6. The number of likely N-dealkylation sites (N-methyl/N-ethyl adjacent to an activating group) is 1. The lowest BCUT2D eigenvalue weighted by atomic mass is 10.2. The van der Waals surface area contributed by atoms with Crippen molar-refractivity contribution in [1.29, 1.82) is 0 Å². The van der Waals surface area contributed by atoms with Crippen LogP contribution in [0.15, 0.2) is 60.1 Å². The summed E-state index contributed by atoms with van der Waals surface area (Å²) in [5.41, 5.74) is 2.86. The molecule has 0 bridgehead atoms. The Morgan fingerprint density at radius 1 is 1.27 bits per heavy atom. The molecule has 1 aromatic carbocycles. The van der Waals surface area contributed by atoms with E-state index in [0.717, 1.165) is 41.2 Å². The summed E-state index contributed by atoms with van der Waals surface area (Å²) in [5, 5.41) is 6.81. The number of rotatable bonds is 6. The summed E-state index contributed by atoms with van der Waals surface area (Å²) in [6, 6.07) is 14.5. The van der Waals surface area contributed by atoms with Gasteiger partial charge in [0, 0.05) is 30.4 Å². The van der Waals surface area contributed by atoms with Crippen LogP contribution in [0, 0.1) is 0 Å². The van der Waals surface area contributed by atoms with Gasteiger partial charge < -0.3 is 4.90 Å².